The zero-order valence-corrected chi connectivity index (χ0v) is 12.1. The number of nitrogens with one attached hydrogen (secondary N) is 1. The second kappa shape index (κ2) is 5.96. The van der Waals surface area contributed by atoms with Crippen LogP contribution in [-0.2, 0) is 0 Å². The standard InChI is InChI=1S/C16H21N3O/c1-19(2)14-8-6-7-13(11-14)15(20)18-16(12-17)9-4-3-5-10-16/h6-8,11H,3-5,9-10H2,1-2H3,(H,18,20). The van der Waals surface area contributed by atoms with E-state index < -0.39 is 5.54 Å². The number of amides is 1. The minimum absolute atomic E-state index is 0.155. The van der Waals surface area contributed by atoms with Crippen LogP contribution in [0.25, 0.3) is 0 Å². The largest absolute Gasteiger partial charge is 0.378 e. The summed E-state index contributed by atoms with van der Waals surface area (Å²) in [6, 6.07) is 9.77. The SMILES string of the molecule is CN(C)c1cccc(C(=O)NC2(C#N)CCCCC2)c1. The Labute approximate surface area is 120 Å². The van der Waals surface area contributed by atoms with Gasteiger partial charge in [-0.2, -0.15) is 5.26 Å². The fraction of sp³-hybridized carbons (Fsp3) is 0.500. The van der Waals surface area contributed by atoms with E-state index in [4.69, 9.17) is 0 Å². The van der Waals surface area contributed by atoms with Gasteiger partial charge in [-0.15, -0.1) is 0 Å². The molecule has 0 spiro atoms. The smallest absolute Gasteiger partial charge is 0.252 e. The lowest BCUT2D eigenvalue weighted by atomic mass is 9.82. The molecule has 1 N–H and O–H groups in total. The second-order valence-corrected chi connectivity index (χ2v) is 5.65. The van der Waals surface area contributed by atoms with Crippen molar-refractivity contribution in [3.63, 3.8) is 0 Å². The van der Waals surface area contributed by atoms with Crippen molar-refractivity contribution in [1.29, 1.82) is 5.26 Å². The summed E-state index contributed by atoms with van der Waals surface area (Å²) < 4.78 is 0. The highest BCUT2D eigenvalue weighted by Gasteiger charge is 2.33. The molecule has 0 radical (unpaired) electrons. The van der Waals surface area contributed by atoms with E-state index in [1.807, 2.05) is 37.2 Å². The summed E-state index contributed by atoms with van der Waals surface area (Å²) in [5.74, 6) is -0.155. The van der Waals surface area contributed by atoms with E-state index in [0.29, 0.717) is 5.56 Å². The average molecular weight is 271 g/mol. The van der Waals surface area contributed by atoms with Crippen LogP contribution in [0.2, 0.25) is 0 Å². The summed E-state index contributed by atoms with van der Waals surface area (Å²) >= 11 is 0. The molecule has 1 aromatic carbocycles. The summed E-state index contributed by atoms with van der Waals surface area (Å²) in [7, 11) is 3.88. The molecular formula is C16H21N3O. The van der Waals surface area contributed by atoms with Gasteiger partial charge in [0.05, 0.1) is 6.07 Å². The lowest BCUT2D eigenvalue weighted by molar-refractivity contribution is 0.0902. The Morgan fingerprint density at radius 2 is 2.00 bits per heavy atom. The lowest BCUT2D eigenvalue weighted by Crippen LogP contribution is -2.48. The highest BCUT2D eigenvalue weighted by atomic mass is 16.1. The Hall–Kier alpha value is -2.02. The molecule has 20 heavy (non-hydrogen) atoms. The number of hydrogen-bond acceptors (Lipinski definition) is 3. The number of nitrogens with zero attached hydrogens (tertiary/aromatic N) is 2. The molecule has 1 fully saturated rings. The Morgan fingerprint density at radius 3 is 2.60 bits per heavy atom. The van der Waals surface area contributed by atoms with E-state index in [0.717, 1.165) is 37.8 Å². The van der Waals surface area contributed by atoms with Crippen LogP contribution >= 0.6 is 0 Å². The van der Waals surface area contributed by atoms with Crippen molar-refractivity contribution in [2.75, 3.05) is 19.0 Å². The maximum Gasteiger partial charge on any atom is 0.252 e. The predicted octanol–water partition coefficient (Wildman–Crippen LogP) is 2.71. The fourth-order valence-corrected chi connectivity index (χ4v) is 2.63. The Morgan fingerprint density at radius 1 is 1.30 bits per heavy atom. The molecule has 1 aromatic rings. The Kier molecular flexibility index (Phi) is 4.29. The summed E-state index contributed by atoms with van der Waals surface area (Å²) in [5.41, 5.74) is 0.910. The van der Waals surface area contributed by atoms with Crippen LogP contribution in [0, 0.1) is 11.3 Å². The Balaban J connectivity index is 2.15. The molecule has 2 rings (SSSR count). The third-order valence-electron chi connectivity index (χ3n) is 3.90. The topological polar surface area (TPSA) is 56.1 Å². The number of anilines is 1. The Bertz CT molecular complexity index is 525. The molecule has 4 heteroatoms. The van der Waals surface area contributed by atoms with Crippen LogP contribution in [0.15, 0.2) is 24.3 Å². The predicted molar refractivity (Wildman–Crippen MR) is 79.7 cm³/mol. The van der Waals surface area contributed by atoms with Gasteiger partial charge in [0.1, 0.15) is 5.54 Å². The normalized spacial score (nSPS) is 17.1. The van der Waals surface area contributed by atoms with Crippen molar-refractivity contribution in [2.24, 2.45) is 0 Å². The van der Waals surface area contributed by atoms with Crippen LogP contribution in [0.5, 0.6) is 0 Å². The van der Waals surface area contributed by atoms with Gasteiger partial charge in [0.25, 0.3) is 5.91 Å². The monoisotopic (exact) mass is 271 g/mol. The molecule has 106 valence electrons. The van der Waals surface area contributed by atoms with Gasteiger partial charge in [-0.3, -0.25) is 4.79 Å². The van der Waals surface area contributed by atoms with Crippen LogP contribution < -0.4 is 10.2 Å². The summed E-state index contributed by atoms with van der Waals surface area (Å²) in [4.78, 5) is 14.3. The van der Waals surface area contributed by atoms with Crippen molar-refractivity contribution in [1.82, 2.24) is 5.32 Å². The average Bonchev–Trinajstić information content (AvgIpc) is 2.48. The third kappa shape index (κ3) is 3.11. The van der Waals surface area contributed by atoms with Gasteiger partial charge in [0.2, 0.25) is 0 Å². The van der Waals surface area contributed by atoms with Crippen LogP contribution in [-0.4, -0.2) is 25.5 Å². The molecule has 1 aliphatic carbocycles. The maximum atomic E-state index is 12.4. The molecule has 0 aliphatic heterocycles. The van der Waals surface area contributed by atoms with Gasteiger partial charge in [-0.1, -0.05) is 25.3 Å². The molecule has 4 nitrogen and oxygen atoms in total. The van der Waals surface area contributed by atoms with Crippen molar-refractivity contribution < 1.29 is 4.79 Å². The number of benzene rings is 1. The van der Waals surface area contributed by atoms with Crippen LogP contribution in [0.3, 0.4) is 0 Å². The summed E-state index contributed by atoms with van der Waals surface area (Å²) in [6.45, 7) is 0. The van der Waals surface area contributed by atoms with Crippen LogP contribution in [0.4, 0.5) is 5.69 Å². The minimum atomic E-state index is -0.677. The van der Waals surface area contributed by atoms with Crippen molar-refractivity contribution in [3.8, 4) is 6.07 Å². The molecular weight excluding hydrogens is 250 g/mol. The number of nitriles is 1. The maximum absolute atomic E-state index is 12.4. The fourth-order valence-electron chi connectivity index (χ4n) is 2.63. The molecule has 1 aliphatic rings. The van der Waals surface area contributed by atoms with Gasteiger partial charge in [-0.05, 0) is 31.0 Å². The van der Waals surface area contributed by atoms with Gasteiger partial charge in [-0.25, -0.2) is 0 Å². The first-order valence-electron chi connectivity index (χ1n) is 7.07. The van der Waals surface area contributed by atoms with Crippen LogP contribution in [0.1, 0.15) is 42.5 Å². The first-order valence-corrected chi connectivity index (χ1v) is 7.07. The van der Waals surface area contributed by atoms with Gasteiger partial charge in [0, 0.05) is 25.3 Å². The van der Waals surface area contributed by atoms with E-state index in [1.54, 1.807) is 6.07 Å². The van der Waals surface area contributed by atoms with E-state index in [-0.39, 0.29) is 5.91 Å². The molecule has 0 aromatic heterocycles. The van der Waals surface area contributed by atoms with Gasteiger partial charge in [0.15, 0.2) is 0 Å². The highest BCUT2D eigenvalue weighted by molar-refractivity contribution is 5.95. The molecule has 0 saturated heterocycles. The number of rotatable bonds is 3. The number of carbonyl (C=O) groups excluding carboxylic acids is 1. The van der Waals surface area contributed by atoms with E-state index in [1.165, 1.54) is 0 Å². The molecule has 0 bridgehead atoms. The van der Waals surface area contributed by atoms with Crippen molar-refractivity contribution >= 4 is 11.6 Å². The van der Waals surface area contributed by atoms with Crippen molar-refractivity contribution in [3.05, 3.63) is 29.8 Å². The first-order chi connectivity index (χ1) is 9.56. The van der Waals surface area contributed by atoms with E-state index in [9.17, 15) is 10.1 Å². The lowest BCUT2D eigenvalue weighted by Gasteiger charge is -2.31. The zero-order chi connectivity index (χ0) is 14.6. The van der Waals surface area contributed by atoms with E-state index in [2.05, 4.69) is 11.4 Å². The molecule has 0 atom stereocenters. The third-order valence-corrected chi connectivity index (χ3v) is 3.90. The molecule has 1 saturated carbocycles. The second-order valence-electron chi connectivity index (χ2n) is 5.65. The molecule has 0 heterocycles. The van der Waals surface area contributed by atoms with E-state index >= 15 is 0 Å². The van der Waals surface area contributed by atoms with Gasteiger partial charge >= 0.3 is 0 Å². The molecule has 0 unspecified atom stereocenters. The van der Waals surface area contributed by atoms with Gasteiger partial charge < -0.3 is 10.2 Å². The van der Waals surface area contributed by atoms with Crippen molar-refractivity contribution in [2.45, 2.75) is 37.6 Å². The summed E-state index contributed by atoms with van der Waals surface area (Å²) in [6.07, 6.45) is 4.66. The molecule has 1 amide bonds. The highest BCUT2D eigenvalue weighted by Crippen LogP contribution is 2.28. The zero-order valence-electron chi connectivity index (χ0n) is 12.1. The number of hydrogen-bond donors (Lipinski definition) is 1. The quantitative estimate of drug-likeness (QED) is 0.919. The minimum Gasteiger partial charge on any atom is -0.378 e. The summed E-state index contributed by atoms with van der Waals surface area (Å²) in [5, 5.41) is 12.4. The number of carbonyl (C=O) groups is 1. The first kappa shape index (κ1) is 14.4.